The Morgan fingerprint density at radius 3 is 2.16 bits per heavy atom. The number of hydrogen-bond acceptors (Lipinski definition) is 4. The average Bonchev–Trinajstić information content (AvgIpc) is 2.51. The molecule has 0 aliphatic carbocycles. The number of aliphatic hydroxyl groups excluding tert-OH is 1. The van der Waals surface area contributed by atoms with E-state index in [-0.39, 0.29) is 17.6 Å². The van der Waals surface area contributed by atoms with E-state index in [1.54, 1.807) is 6.20 Å². The van der Waals surface area contributed by atoms with Crippen molar-refractivity contribution < 1.29 is 5.11 Å². The number of rotatable bonds is 4. The van der Waals surface area contributed by atoms with Crippen molar-refractivity contribution in [3.63, 3.8) is 0 Å². The van der Waals surface area contributed by atoms with Crippen LogP contribution in [0.2, 0.25) is 0 Å². The van der Waals surface area contributed by atoms with Crippen LogP contribution in [0.15, 0.2) is 40.2 Å². The molecule has 0 amide bonds. The summed E-state index contributed by atoms with van der Waals surface area (Å²) >= 11 is 1.54. The number of nitrogens with zero attached hydrogens (tertiary/aromatic N) is 2. The van der Waals surface area contributed by atoms with E-state index in [0.29, 0.717) is 5.56 Å². The van der Waals surface area contributed by atoms with Crippen molar-refractivity contribution in [2.45, 2.75) is 69.8 Å². The minimum absolute atomic E-state index is 0.136. The van der Waals surface area contributed by atoms with Gasteiger partial charge in [0.15, 0.2) is 0 Å². The molecule has 0 aliphatic rings. The van der Waals surface area contributed by atoms with Crippen LogP contribution in [0, 0.1) is 0 Å². The molecule has 136 valence electrons. The summed E-state index contributed by atoms with van der Waals surface area (Å²) in [5.74, 6) is 0.734. The number of benzene rings is 1. The molecule has 0 radical (unpaired) electrons. The summed E-state index contributed by atoms with van der Waals surface area (Å²) in [5.41, 5.74) is 2.40. The lowest BCUT2D eigenvalue weighted by atomic mass is 9.87. The van der Waals surface area contributed by atoms with Crippen molar-refractivity contribution in [3.8, 4) is 0 Å². The lowest BCUT2D eigenvalue weighted by molar-refractivity contribution is 0.267. The molecule has 0 fully saturated rings. The van der Waals surface area contributed by atoms with E-state index >= 15 is 0 Å². The summed E-state index contributed by atoms with van der Waals surface area (Å²) in [6.45, 7) is 12.1. The molecule has 25 heavy (non-hydrogen) atoms. The summed E-state index contributed by atoms with van der Waals surface area (Å²) < 4.78 is 1.43. The van der Waals surface area contributed by atoms with Crippen LogP contribution in [0.5, 0.6) is 0 Å². The molecule has 0 bridgehead atoms. The molecule has 5 heteroatoms. The lowest BCUT2D eigenvalue weighted by Crippen LogP contribution is -2.37. The van der Waals surface area contributed by atoms with Crippen LogP contribution in [0.25, 0.3) is 0 Å². The third kappa shape index (κ3) is 4.73. The molecule has 0 spiro atoms. The number of thioether (sulfide) groups is 1. The van der Waals surface area contributed by atoms with Crippen molar-refractivity contribution in [1.29, 1.82) is 0 Å². The van der Waals surface area contributed by atoms with Crippen LogP contribution in [0.1, 0.15) is 58.2 Å². The minimum atomic E-state index is -0.410. The standard InChI is InChI=1S/C20H28N2O2S/c1-19(2,3)15-9-7-14(8-10-15)13-25-17-11-21-22(20(4,5)6)18(24)16(17)12-23/h7-11,23H,12-13H2,1-6H3. The maximum atomic E-state index is 12.6. The van der Waals surface area contributed by atoms with Crippen LogP contribution in [0.3, 0.4) is 0 Å². The van der Waals surface area contributed by atoms with Gasteiger partial charge >= 0.3 is 0 Å². The molecule has 1 aromatic carbocycles. The Kier molecular flexibility index (Phi) is 5.79. The maximum absolute atomic E-state index is 12.6. The van der Waals surface area contributed by atoms with Gasteiger partial charge in [-0.05, 0) is 37.3 Å². The first-order chi connectivity index (χ1) is 11.5. The zero-order valence-corrected chi connectivity index (χ0v) is 16.8. The highest BCUT2D eigenvalue weighted by molar-refractivity contribution is 7.98. The number of aromatic nitrogens is 2. The van der Waals surface area contributed by atoms with Crippen LogP contribution in [-0.2, 0) is 23.3 Å². The first kappa shape index (κ1) is 19.7. The molecule has 0 unspecified atom stereocenters. The fourth-order valence-electron chi connectivity index (χ4n) is 2.48. The molecule has 0 saturated heterocycles. The Labute approximate surface area is 154 Å². The van der Waals surface area contributed by atoms with Crippen molar-refractivity contribution >= 4 is 11.8 Å². The quantitative estimate of drug-likeness (QED) is 0.835. The van der Waals surface area contributed by atoms with Gasteiger partial charge in [-0.3, -0.25) is 4.79 Å². The van der Waals surface area contributed by atoms with Gasteiger partial charge in [-0.2, -0.15) is 5.10 Å². The Morgan fingerprint density at radius 2 is 1.68 bits per heavy atom. The fraction of sp³-hybridized carbons (Fsp3) is 0.500. The normalized spacial score (nSPS) is 12.4. The predicted octanol–water partition coefficient (Wildman–Crippen LogP) is 4.08. The lowest BCUT2D eigenvalue weighted by Gasteiger charge is -2.22. The zero-order valence-electron chi connectivity index (χ0n) is 16.0. The Bertz CT molecular complexity index is 781. The topological polar surface area (TPSA) is 55.1 Å². The van der Waals surface area contributed by atoms with E-state index in [9.17, 15) is 9.90 Å². The Morgan fingerprint density at radius 1 is 1.08 bits per heavy atom. The van der Waals surface area contributed by atoms with Gasteiger partial charge in [-0.1, -0.05) is 45.0 Å². The van der Waals surface area contributed by atoms with Gasteiger partial charge < -0.3 is 5.11 Å². The molecule has 1 aromatic heterocycles. The van der Waals surface area contributed by atoms with Gasteiger partial charge in [0.25, 0.3) is 5.56 Å². The van der Waals surface area contributed by atoms with Gasteiger partial charge in [0.05, 0.1) is 23.9 Å². The zero-order chi connectivity index (χ0) is 18.8. The second-order valence-corrected chi connectivity index (χ2v) is 9.29. The third-order valence-corrected chi connectivity index (χ3v) is 5.19. The van der Waals surface area contributed by atoms with Crippen molar-refractivity contribution in [1.82, 2.24) is 9.78 Å². The van der Waals surface area contributed by atoms with Crippen molar-refractivity contribution in [2.24, 2.45) is 0 Å². The van der Waals surface area contributed by atoms with Gasteiger partial charge in [0, 0.05) is 10.6 Å². The SMILES string of the molecule is CC(C)(C)c1ccc(CSc2cnn(C(C)(C)C)c(=O)c2CO)cc1. The van der Waals surface area contributed by atoms with E-state index in [1.807, 2.05) is 20.8 Å². The van der Waals surface area contributed by atoms with Crippen LogP contribution < -0.4 is 5.56 Å². The van der Waals surface area contributed by atoms with E-state index in [2.05, 4.69) is 50.1 Å². The van der Waals surface area contributed by atoms with Crippen LogP contribution >= 0.6 is 11.8 Å². The van der Waals surface area contributed by atoms with Crippen molar-refractivity contribution in [2.75, 3.05) is 0 Å². The average molecular weight is 361 g/mol. The molecule has 1 N–H and O–H groups in total. The maximum Gasteiger partial charge on any atom is 0.273 e. The summed E-state index contributed by atoms with van der Waals surface area (Å²) in [6.07, 6.45) is 1.69. The minimum Gasteiger partial charge on any atom is -0.391 e. The molecular formula is C20H28N2O2S. The molecule has 4 nitrogen and oxygen atoms in total. The highest BCUT2D eigenvalue weighted by Crippen LogP contribution is 2.27. The van der Waals surface area contributed by atoms with Crippen molar-refractivity contribution in [3.05, 3.63) is 57.5 Å². The Balaban J connectivity index is 2.21. The fourth-order valence-corrected chi connectivity index (χ4v) is 3.45. The second kappa shape index (κ2) is 7.34. The third-order valence-electron chi connectivity index (χ3n) is 4.05. The van der Waals surface area contributed by atoms with Gasteiger partial charge in [0.2, 0.25) is 0 Å². The molecule has 2 aromatic rings. The monoisotopic (exact) mass is 360 g/mol. The van der Waals surface area contributed by atoms with Gasteiger partial charge in [-0.25, -0.2) is 4.68 Å². The predicted molar refractivity (Wildman–Crippen MR) is 104 cm³/mol. The van der Waals surface area contributed by atoms with E-state index in [0.717, 1.165) is 10.6 Å². The molecule has 2 rings (SSSR count). The van der Waals surface area contributed by atoms with E-state index in [4.69, 9.17) is 0 Å². The first-order valence-electron chi connectivity index (χ1n) is 8.49. The largest absolute Gasteiger partial charge is 0.391 e. The summed E-state index contributed by atoms with van der Waals surface area (Å²) in [4.78, 5) is 13.3. The molecule has 0 saturated carbocycles. The highest BCUT2D eigenvalue weighted by Gasteiger charge is 2.20. The van der Waals surface area contributed by atoms with Gasteiger partial charge in [-0.15, -0.1) is 11.8 Å². The number of aliphatic hydroxyl groups is 1. The Hall–Kier alpha value is -1.59. The molecular weight excluding hydrogens is 332 g/mol. The van der Waals surface area contributed by atoms with Crippen LogP contribution in [-0.4, -0.2) is 14.9 Å². The molecule has 1 heterocycles. The van der Waals surface area contributed by atoms with E-state index < -0.39 is 5.54 Å². The van der Waals surface area contributed by atoms with E-state index in [1.165, 1.54) is 27.6 Å². The smallest absolute Gasteiger partial charge is 0.273 e. The summed E-state index contributed by atoms with van der Waals surface area (Å²) in [5, 5.41) is 13.9. The van der Waals surface area contributed by atoms with Crippen LogP contribution in [0.4, 0.5) is 0 Å². The highest BCUT2D eigenvalue weighted by atomic mass is 32.2. The first-order valence-corrected chi connectivity index (χ1v) is 9.47. The summed E-state index contributed by atoms with van der Waals surface area (Å²) in [6, 6.07) is 8.55. The second-order valence-electron chi connectivity index (χ2n) is 8.27. The number of hydrogen-bond donors (Lipinski definition) is 1. The van der Waals surface area contributed by atoms with Gasteiger partial charge in [0.1, 0.15) is 0 Å². The molecule has 0 atom stereocenters. The molecule has 0 aliphatic heterocycles. The summed E-state index contributed by atoms with van der Waals surface area (Å²) in [7, 11) is 0.